The molecule has 0 aliphatic carbocycles. The first-order chi connectivity index (χ1) is 14.7. The van der Waals surface area contributed by atoms with E-state index in [-0.39, 0.29) is 6.61 Å². The molecule has 0 atom stereocenters. The van der Waals surface area contributed by atoms with Crippen molar-refractivity contribution in [2.75, 3.05) is 58.7 Å². The summed E-state index contributed by atoms with van der Waals surface area (Å²) in [7, 11) is 4.02. The van der Waals surface area contributed by atoms with E-state index in [0.29, 0.717) is 32.3 Å². The van der Waals surface area contributed by atoms with Crippen LogP contribution in [0.1, 0.15) is 0 Å². The molecule has 0 bridgehead atoms. The molecule has 0 fully saturated rings. The summed E-state index contributed by atoms with van der Waals surface area (Å²) in [6.45, 7) is 1.33. The molecule has 0 saturated heterocycles. The fourth-order valence-electron chi connectivity index (χ4n) is 2.72. The number of nitrogens with zero attached hydrogens (tertiary/aromatic N) is 4. The maximum Gasteiger partial charge on any atom is 0.181 e. The lowest BCUT2D eigenvalue weighted by Gasteiger charge is -2.11. The molecular formula is C22H27FN4O3. The van der Waals surface area contributed by atoms with Crippen LogP contribution in [0.15, 0.2) is 54.9 Å². The summed E-state index contributed by atoms with van der Waals surface area (Å²) in [5.41, 5.74) is 2.99. The predicted octanol–water partition coefficient (Wildman–Crippen LogP) is 3.38. The molecule has 1 heterocycles. The average molecular weight is 414 g/mol. The molecule has 8 heteroatoms. The van der Waals surface area contributed by atoms with Crippen LogP contribution in [-0.4, -0.2) is 68.6 Å². The smallest absolute Gasteiger partial charge is 0.181 e. The van der Waals surface area contributed by atoms with Gasteiger partial charge in [0.15, 0.2) is 5.82 Å². The molecule has 0 amide bonds. The van der Waals surface area contributed by atoms with Crippen molar-refractivity contribution in [2.45, 2.75) is 0 Å². The number of anilines is 1. The normalized spacial score (nSPS) is 10.9. The SMILES string of the molecule is CN(C)c1ccc(-c2ncn(-c3ccc(OCCOCCOCCF)cc3)n2)cc1. The van der Waals surface area contributed by atoms with Crippen LogP contribution in [0.3, 0.4) is 0 Å². The van der Waals surface area contributed by atoms with Crippen molar-refractivity contribution in [3.63, 3.8) is 0 Å². The number of aromatic nitrogens is 3. The third kappa shape index (κ3) is 6.27. The Bertz CT molecular complexity index is 882. The maximum absolute atomic E-state index is 11.9. The van der Waals surface area contributed by atoms with Crippen LogP contribution in [0.4, 0.5) is 10.1 Å². The van der Waals surface area contributed by atoms with Gasteiger partial charge in [-0.25, -0.2) is 14.1 Å². The minimum absolute atomic E-state index is 0.113. The fourth-order valence-corrected chi connectivity index (χ4v) is 2.72. The second-order valence-electron chi connectivity index (χ2n) is 6.71. The standard InChI is InChI=1S/C22H27FN4O3/c1-26(2)19-5-3-18(4-6-19)22-24-17-27(25-22)20-7-9-21(10-8-20)30-16-15-29-14-13-28-12-11-23/h3-10,17H,11-16H2,1-2H3. The van der Waals surface area contributed by atoms with Gasteiger partial charge in [-0.2, -0.15) is 0 Å². The molecule has 3 aromatic rings. The van der Waals surface area contributed by atoms with Gasteiger partial charge >= 0.3 is 0 Å². The van der Waals surface area contributed by atoms with E-state index in [0.717, 1.165) is 22.7 Å². The number of hydrogen-bond acceptors (Lipinski definition) is 6. The number of ether oxygens (including phenoxy) is 3. The largest absolute Gasteiger partial charge is 0.491 e. The third-order valence-corrected chi connectivity index (χ3v) is 4.32. The lowest BCUT2D eigenvalue weighted by molar-refractivity contribution is 0.0325. The Hall–Kier alpha value is -2.97. The lowest BCUT2D eigenvalue weighted by atomic mass is 10.2. The molecule has 3 rings (SSSR count). The molecule has 0 aliphatic rings. The summed E-state index contributed by atoms with van der Waals surface area (Å²) >= 11 is 0. The van der Waals surface area contributed by atoms with Crippen LogP contribution in [0.2, 0.25) is 0 Å². The highest BCUT2D eigenvalue weighted by molar-refractivity contribution is 5.60. The highest BCUT2D eigenvalue weighted by Crippen LogP contribution is 2.20. The molecule has 160 valence electrons. The van der Waals surface area contributed by atoms with E-state index in [1.54, 1.807) is 11.0 Å². The van der Waals surface area contributed by atoms with Crippen LogP contribution < -0.4 is 9.64 Å². The molecular weight excluding hydrogens is 387 g/mol. The van der Waals surface area contributed by atoms with Gasteiger partial charge in [0, 0.05) is 25.3 Å². The van der Waals surface area contributed by atoms with Gasteiger partial charge < -0.3 is 19.1 Å². The van der Waals surface area contributed by atoms with Gasteiger partial charge in [-0.15, -0.1) is 5.10 Å². The predicted molar refractivity (Wildman–Crippen MR) is 114 cm³/mol. The average Bonchev–Trinajstić information content (AvgIpc) is 3.26. The highest BCUT2D eigenvalue weighted by atomic mass is 19.1. The van der Waals surface area contributed by atoms with E-state index < -0.39 is 6.67 Å². The van der Waals surface area contributed by atoms with Crippen LogP contribution in [0, 0.1) is 0 Å². The van der Waals surface area contributed by atoms with Gasteiger partial charge in [0.1, 0.15) is 25.4 Å². The Kier molecular flexibility index (Phi) is 8.17. The van der Waals surface area contributed by atoms with Crippen LogP contribution in [-0.2, 0) is 9.47 Å². The van der Waals surface area contributed by atoms with Crippen molar-refractivity contribution >= 4 is 5.69 Å². The lowest BCUT2D eigenvalue weighted by Crippen LogP contribution is -2.11. The number of alkyl halides is 1. The van der Waals surface area contributed by atoms with E-state index in [9.17, 15) is 4.39 Å². The Morgan fingerprint density at radius 2 is 1.53 bits per heavy atom. The topological polar surface area (TPSA) is 61.6 Å². The van der Waals surface area contributed by atoms with Crippen molar-refractivity contribution < 1.29 is 18.6 Å². The first-order valence-electron chi connectivity index (χ1n) is 9.81. The van der Waals surface area contributed by atoms with Crippen molar-refractivity contribution in [1.82, 2.24) is 14.8 Å². The number of benzene rings is 2. The summed E-state index contributed by atoms with van der Waals surface area (Å²) in [4.78, 5) is 6.47. The minimum Gasteiger partial charge on any atom is -0.491 e. The Morgan fingerprint density at radius 1 is 0.867 bits per heavy atom. The molecule has 0 unspecified atom stereocenters. The van der Waals surface area contributed by atoms with E-state index in [4.69, 9.17) is 14.2 Å². The van der Waals surface area contributed by atoms with Crippen molar-refractivity contribution in [2.24, 2.45) is 0 Å². The molecule has 7 nitrogen and oxygen atoms in total. The van der Waals surface area contributed by atoms with Crippen molar-refractivity contribution in [1.29, 1.82) is 0 Å². The third-order valence-electron chi connectivity index (χ3n) is 4.32. The summed E-state index contributed by atoms with van der Waals surface area (Å²) in [5.74, 6) is 1.42. The maximum atomic E-state index is 11.9. The molecule has 0 aliphatic heterocycles. The Balaban J connectivity index is 1.48. The first kappa shape index (κ1) is 21.7. The zero-order valence-corrected chi connectivity index (χ0v) is 17.3. The first-order valence-corrected chi connectivity index (χ1v) is 9.81. The van der Waals surface area contributed by atoms with Crippen LogP contribution >= 0.6 is 0 Å². The summed E-state index contributed by atoms with van der Waals surface area (Å²) in [6.07, 6.45) is 1.70. The molecule has 0 N–H and O–H groups in total. The van der Waals surface area contributed by atoms with Gasteiger partial charge in [0.25, 0.3) is 0 Å². The quantitative estimate of drug-likeness (QED) is 0.424. The van der Waals surface area contributed by atoms with E-state index >= 15 is 0 Å². The van der Waals surface area contributed by atoms with Crippen molar-refractivity contribution in [3.05, 3.63) is 54.9 Å². The second kappa shape index (κ2) is 11.3. The fraction of sp³-hybridized carbons (Fsp3) is 0.364. The summed E-state index contributed by atoms with van der Waals surface area (Å²) < 4.78 is 29.6. The van der Waals surface area contributed by atoms with Crippen molar-refractivity contribution in [3.8, 4) is 22.8 Å². The second-order valence-corrected chi connectivity index (χ2v) is 6.71. The van der Waals surface area contributed by atoms with Crippen LogP contribution in [0.5, 0.6) is 5.75 Å². The van der Waals surface area contributed by atoms with Crippen LogP contribution in [0.25, 0.3) is 17.1 Å². The summed E-state index contributed by atoms with van der Waals surface area (Å²) in [5, 5.41) is 4.57. The van der Waals surface area contributed by atoms with E-state index in [2.05, 4.69) is 15.0 Å². The van der Waals surface area contributed by atoms with Gasteiger partial charge in [0.05, 0.1) is 32.1 Å². The van der Waals surface area contributed by atoms with Gasteiger partial charge in [-0.1, -0.05) is 0 Å². The van der Waals surface area contributed by atoms with Gasteiger partial charge in [-0.05, 0) is 48.5 Å². The summed E-state index contributed by atoms with van der Waals surface area (Å²) in [6, 6.07) is 15.7. The molecule has 1 aromatic heterocycles. The van der Waals surface area contributed by atoms with Gasteiger partial charge in [0.2, 0.25) is 0 Å². The monoisotopic (exact) mass is 414 g/mol. The van der Waals surface area contributed by atoms with E-state index in [1.807, 2.05) is 62.6 Å². The Morgan fingerprint density at radius 3 is 2.20 bits per heavy atom. The molecule has 2 aromatic carbocycles. The molecule has 0 saturated carbocycles. The zero-order valence-electron chi connectivity index (χ0n) is 17.3. The number of hydrogen-bond donors (Lipinski definition) is 0. The number of halogens is 1. The molecule has 0 radical (unpaired) electrons. The Labute approximate surface area is 176 Å². The van der Waals surface area contributed by atoms with E-state index in [1.165, 1.54) is 0 Å². The number of rotatable bonds is 12. The highest BCUT2D eigenvalue weighted by Gasteiger charge is 2.07. The molecule has 0 spiro atoms. The van der Waals surface area contributed by atoms with Gasteiger partial charge in [-0.3, -0.25) is 0 Å². The minimum atomic E-state index is -0.473. The zero-order chi connectivity index (χ0) is 21.2. The molecule has 30 heavy (non-hydrogen) atoms.